The lowest BCUT2D eigenvalue weighted by atomic mass is 9.85. The van der Waals surface area contributed by atoms with Crippen molar-refractivity contribution in [3.63, 3.8) is 0 Å². The van der Waals surface area contributed by atoms with Gasteiger partial charge in [-0.15, -0.1) is 11.3 Å². The Balaban J connectivity index is 1.59. The number of halogens is 1. The molecule has 3 rings (SSSR count). The van der Waals surface area contributed by atoms with E-state index >= 15 is 0 Å². The van der Waals surface area contributed by atoms with Gasteiger partial charge < -0.3 is 14.8 Å². The molecule has 0 saturated heterocycles. The third kappa shape index (κ3) is 5.35. The molecule has 0 aliphatic heterocycles. The van der Waals surface area contributed by atoms with Gasteiger partial charge in [0, 0.05) is 16.3 Å². The molecule has 1 aromatic heterocycles. The van der Waals surface area contributed by atoms with Crippen molar-refractivity contribution in [3.8, 4) is 5.75 Å². The molecule has 0 spiro atoms. The zero-order valence-electron chi connectivity index (χ0n) is 17.7. The Kier molecular flexibility index (Phi) is 7.78. The van der Waals surface area contributed by atoms with Crippen LogP contribution in [0.4, 0.5) is 5.00 Å². The molecular formula is C23H28ClNO4S. The monoisotopic (exact) mass is 449 g/mol. The molecule has 1 aliphatic carbocycles. The maximum absolute atomic E-state index is 12.5. The SMILES string of the molecule is CC[C@H]1CCc2c(sc(NC(=O)CCCOc3ccc(Cl)cc3C)c2C(=O)OC)C1. The zero-order chi connectivity index (χ0) is 21.7. The number of rotatable bonds is 8. The van der Waals surface area contributed by atoms with E-state index in [0.717, 1.165) is 42.6 Å². The fourth-order valence-corrected chi connectivity index (χ4v) is 5.38. The van der Waals surface area contributed by atoms with E-state index in [-0.39, 0.29) is 11.9 Å². The number of fused-ring (bicyclic) bond motifs is 1. The van der Waals surface area contributed by atoms with Crippen molar-refractivity contribution in [2.45, 2.75) is 52.4 Å². The van der Waals surface area contributed by atoms with Crippen LogP contribution in [0.15, 0.2) is 18.2 Å². The molecule has 0 fully saturated rings. The van der Waals surface area contributed by atoms with Crippen molar-refractivity contribution in [3.05, 3.63) is 44.8 Å². The predicted molar refractivity (Wildman–Crippen MR) is 121 cm³/mol. The topological polar surface area (TPSA) is 64.6 Å². The van der Waals surface area contributed by atoms with Gasteiger partial charge in [0.15, 0.2) is 0 Å². The number of hydrogen-bond acceptors (Lipinski definition) is 5. The molecule has 1 heterocycles. The first-order valence-corrected chi connectivity index (χ1v) is 11.5. The second-order valence-electron chi connectivity index (χ2n) is 7.63. The summed E-state index contributed by atoms with van der Waals surface area (Å²) in [6, 6.07) is 5.46. The van der Waals surface area contributed by atoms with Gasteiger partial charge in [0.25, 0.3) is 0 Å². The van der Waals surface area contributed by atoms with Crippen LogP contribution in [-0.2, 0) is 22.4 Å². The molecule has 162 valence electrons. The Labute approximate surface area is 186 Å². The molecule has 0 bridgehead atoms. The molecule has 1 atom stereocenters. The summed E-state index contributed by atoms with van der Waals surface area (Å²) in [7, 11) is 1.38. The van der Waals surface area contributed by atoms with Crippen LogP contribution in [0.5, 0.6) is 5.75 Å². The van der Waals surface area contributed by atoms with E-state index in [1.807, 2.05) is 19.1 Å². The molecule has 0 radical (unpaired) electrons. The number of hydrogen-bond donors (Lipinski definition) is 1. The number of amides is 1. The van der Waals surface area contributed by atoms with Crippen LogP contribution in [0, 0.1) is 12.8 Å². The largest absolute Gasteiger partial charge is 0.493 e. The Bertz CT molecular complexity index is 924. The first kappa shape index (κ1) is 22.6. The van der Waals surface area contributed by atoms with E-state index in [2.05, 4.69) is 12.2 Å². The molecular weight excluding hydrogens is 422 g/mol. The van der Waals surface area contributed by atoms with Gasteiger partial charge in [-0.25, -0.2) is 4.79 Å². The highest BCUT2D eigenvalue weighted by Crippen LogP contribution is 2.40. The summed E-state index contributed by atoms with van der Waals surface area (Å²) in [5, 5.41) is 4.22. The number of thiophene rings is 1. The fourth-order valence-electron chi connectivity index (χ4n) is 3.79. The standard InChI is InChI=1S/C23H28ClNO4S/c1-4-15-7-9-17-19(13-15)30-22(21(17)23(27)28-3)25-20(26)6-5-11-29-18-10-8-16(24)12-14(18)2/h8,10,12,15H,4-7,9,11,13H2,1-3H3,(H,25,26)/t15-/m0/s1. The van der Waals surface area contributed by atoms with Crippen LogP contribution >= 0.6 is 22.9 Å². The lowest BCUT2D eigenvalue weighted by molar-refractivity contribution is -0.116. The van der Waals surface area contributed by atoms with Gasteiger partial charge in [0.1, 0.15) is 10.8 Å². The third-order valence-corrected chi connectivity index (χ3v) is 6.93. The van der Waals surface area contributed by atoms with Crippen molar-refractivity contribution in [1.29, 1.82) is 0 Å². The summed E-state index contributed by atoms with van der Waals surface area (Å²) < 4.78 is 10.7. The molecule has 2 aromatic rings. The number of aryl methyl sites for hydroxylation is 1. The number of esters is 1. The number of ether oxygens (including phenoxy) is 2. The van der Waals surface area contributed by atoms with Gasteiger partial charge in [-0.3, -0.25) is 4.79 Å². The van der Waals surface area contributed by atoms with E-state index in [0.29, 0.717) is 41.0 Å². The van der Waals surface area contributed by atoms with E-state index in [1.54, 1.807) is 6.07 Å². The van der Waals surface area contributed by atoms with Crippen molar-refractivity contribution in [2.75, 3.05) is 19.0 Å². The number of carbonyl (C=O) groups excluding carboxylic acids is 2. The summed E-state index contributed by atoms with van der Waals surface area (Å²) in [5.74, 6) is 0.907. The number of anilines is 1. The molecule has 7 heteroatoms. The molecule has 30 heavy (non-hydrogen) atoms. The first-order valence-electron chi connectivity index (χ1n) is 10.3. The van der Waals surface area contributed by atoms with Crippen molar-refractivity contribution in [2.24, 2.45) is 5.92 Å². The van der Waals surface area contributed by atoms with E-state index in [4.69, 9.17) is 21.1 Å². The van der Waals surface area contributed by atoms with Crippen LogP contribution in [0.2, 0.25) is 5.02 Å². The highest BCUT2D eigenvalue weighted by molar-refractivity contribution is 7.17. The fraction of sp³-hybridized carbons (Fsp3) is 0.478. The van der Waals surface area contributed by atoms with Crippen LogP contribution in [0.1, 0.15) is 59.0 Å². The van der Waals surface area contributed by atoms with Crippen LogP contribution < -0.4 is 10.1 Å². The molecule has 5 nitrogen and oxygen atoms in total. The molecule has 1 aliphatic rings. The quantitative estimate of drug-likeness (QED) is 0.408. The van der Waals surface area contributed by atoms with Crippen LogP contribution in [-0.4, -0.2) is 25.6 Å². The van der Waals surface area contributed by atoms with Crippen molar-refractivity contribution in [1.82, 2.24) is 0 Å². The summed E-state index contributed by atoms with van der Waals surface area (Å²) >= 11 is 7.47. The molecule has 0 unspecified atom stereocenters. The highest BCUT2D eigenvalue weighted by atomic mass is 35.5. The smallest absolute Gasteiger partial charge is 0.341 e. The van der Waals surface area contributed by atoms with Gasteiger partial charge in [-0.1, -0.05) is 24.9 Å². The van der Waals surface area contributed by atoms with E-state index < -0.39 is 0 Å². The summed E-state index contributed by atoms with van der Waals surface area (Å²) in [4.78, 5) is 26.1. The average molecular weight is 450 g/mol. The minimum atomic E-state index is -0.376. The number of carbonyl (C=O) groups is 2. The first-order chi connectivity index (χ1) is 14.4. The minimum Gasteiger partial charge on any atom is -0.493 e. The van der Waals surface area contributed by atoms with Gasteiger partial charge in [-0.05, 0) is 67.9 Å². The summed E-state index contributed by atoms with van der Waals surface area (Å²) in [5.41, 5.74) is 2.55. The van der Waals surface area contributed by atoms with Crippen LogP contribution in [0.3, 0.4) is 0 Å². The summed E-state index contributed by atoms with van der Waals surface area (Å²) in [6.45, 7) is 4.56. The van der Waals surface area contributed by atoms with E-state index in [9.17, 15) is 9.59 Å². The summed E-state index contributed by atoms with van der Waals surface area (Å²) in [6.07, 6.45) is 4.90. The third-order valence-electron chi connectivity index (χ3n) is 5.53. The second-order valence-corrected chi connectivity index (χ2v) is 9.17. The number of methoxy groups -OCH3 is 1. The Morgan fingerprint density at radius 1 is 1.33 bits per heavy atom. The van der Waals surface area contributed by atoms with Gasteiger partial charge in [0.2, 0.25) is 5.91 Å². The van der Waals surface area contributed by atoms with Crippen LogP contribution in [0.25, 0.3) is 0 Å². The van der Waals surface area contributed by atoms with E-state index in [1.165, 1.54) is 23.3 Å². The average Bonchev–Trinajstić information content (AvgIpc) is 3.08. The molecule has 1 N–H and O–H groups in total. The lowest BCUT2D eigenvalue weighted by Gasteiger charge is -2.20. The normalized spacial score (nSPS) is 15.4. The van der Waals surface area contributed by atoms with Crippen molar-refractivity contribution < 1.29 is 19.1 Å². The predicted octanol–water partition coefficient (Wildman–Crippen LogP) is 5.81. The Morgan fingerprint density at radius 2 is 2.13 bits per heavy atom. The maximum Gasteiger partial charge on any atom is 0.341 e. The Morgan fingerprint density at radius 3 is 2.83 bits per heavy atom. The molecule has 0 saturated carbocycles. The zero-order valence-corrected chi connectivity index (χ0v) is 19.3. The molecule has 1 aromatic carbocycles. The Hall–Kier alpha value is -2.05. The minimum absolute atomic E-state index is 0.123. The maximum atomic E-state index is 12.5. The van der Waals surface area contributed by atoms with Gasteiger partial charge in [0.05, 0.1) is 19.3 Å². The van der Waals surface area contributed by atoms with Gasteiger partial charge in [-0.2, -0.15) is 0 Å². The number of nitrogens with one attached hydrogen (secondary N) is 1. The number of benzene rings is 1. The highest BCUT2D eigenvalue weighted by Gasteiger charge is 2.29. The van der Waals surface area contributed by atoms with Gasteiger partial charge >= 0.3 is 5.97 Å². The second kappa shape index (κ2) is 10.3. The van der Waals surface area contributed by atoms with Crippen molar-refractivity contribution >= 4 is 39.8 Å². The lowest BCUT2D eigenvalue weighted by Crippen LogP contribution is -2.16. The molecule has 1 amide bonds.